The maximum absolute atomic E-state index is 12.1. The van der Waals surface area contributed by atoms with Crippen LogP contribution in [0.5, 0.6) is 5.75 Å². The second kappa shape index (κ2) is 7.12. The van der Waals surface area contributed by atoms with Crippen LogP contribution in [0.2, 0.25) is 0 Å². The number of fused-ring (bicyclic) bond motifs is 2. The van der Waals surface area contributed by atoms with Gasteiger partial charge in [-0.15, -0.1) is 0 Å². The first-order valence-electron chi connectivity index (χ1n) is 9.01. The largest absolute Gasteiger partial charge is 0.512 e. The molecule has 0 heterocycles. The second-order valence-electron chi connectivity index (χ2n) is 6.63. The molecule has 1 N–H and O–H groups in total. The molecule has 0 saturated carbocycles. The number of aliphatic hydroxyl groups excluding tert-OH is 1. The number of carbonyl (C=O) groups is 1. The molecule has 3 heteroatoms. The molecular formula is C24H20O3. The van der Waals surface area contributed by atoms with E-state index in [1.165, 1.54) is 6.08 Å². The van der Waals surface area contributed by atoms with Gasteiger partial charge in [0.25, 0.3) is 0 Å². The van der Waals surface area contributed by atoms with Crippen molar-refractivity contribution >= 4 is 16.7 Å². The molecule has 0 bridgehead atoms. The van der Waals surface area contributed by atoms with E-state index in [-0.39, 0.29) is 17.6 Å². The summed E-state index contributed by atoms with van der Waals surface area (Å²) in [4.78, 5) is 12.1. The fraction of sp³-hybridized carbons (Fsp3) is 0.125. The SMILES string of the molecule is C/C=C/C(=O)Oc1ccc2ccccc2c1C1C(O)=CC=C2C=CC=CC21. The molecule has 2 unspecified atom stereocenters. The number of aliphatic hydroxyl groups is 1. The molecule has 0 aromatic heterocycles. The Morgan fingerprint density at radius 1 is 1.11 bits per heavy atom. The number of allylic oxidation sites excluding steroid dienone is 9. The van der Waals surface area contributed by atoms with Crippen molar-refractivity contribution < 1.29 is 14.6 Å². The Labute approximate surface area is 158 Å². The average molecular weight is 356 g/mol. The van der Waals surface area contributed by atoms with Crippen LogP contribution >= 0.6 is 0 Å². The summed E-state index contributed by atoms with van der Waals surface area (Å²) in [5, 5.41) is 12.8. The summed E-state index contributed by atoms with van der Waals surface area (Å²) in [5.41, 5.74) is 1.95. The third-order valence-corrected chi connectivity index (χ3v) is 4.98. The van der Waals surface area contributed by atoms with Gasteiger partial charge in [0, 0.05) is 17.6 Å². The molecule has 2 aliphatic rings. The van der Waals surface area contributed by atoms with E-state index in [0.717, 1.165) is 21.9 Å². The van der Waals surface area contributed by atoms with Crippen molar-refractivity contribution in [1.29, 1.82) is 0 Å². The Balaban J connectivity index is 1.92. The normalized spacial score (nSPS) is 21.1. The van der Waals surface area contributed by atoms with Crippen LogP contribution in [0.3, 0.4) is 0 Å². The molecule has 0 aliphatic heterocycles. The minimum Gasteiger partial charge on any atom is -0.512 e. The van der Waals surface area contributed by atoms with Gasteiger partial charge in [0.2, 0.25) is 0 Å². The number of hydrogen-bond donors (Lipinski definition) is 1. The van der Waals surface area contributed by atoms with E-state index in [1.54, 1.807) is 19.1 Å². The van der Waals surface area contributed by atoms with E-state index >= 15 is 0 Å². The monoisotopic (exact) mass is 356 g/mol. The van der Waals surface area contributed by atoms with Crippen molar-refractivity contribution in [2.75, 3.05) is 0 Å². The highest BCUT2D eigenvalue weighted by Gasteiger charge is 2.34. The molecule has 0 saturated heterocycles. The molecule has 0 radical (unpaired) electrons. The van der Waals surface area contributed by atoms with E-state index in [1.807, 2.05) is 54.6 Å². The van der Waals surface area contributed by atoms with E-state index in [0.29, 0.717) is 5.75 Å². The van der Waals surface area contributed by atoms with Crippen LogP contribution in [-0.4, -0.2) is 11.1 Å². The van der Waals surface area contributed by atoms with Crippen LogP contribution < -0.4 is 4.74 Å². The predicted molar refractivity (Wildman–Crippen MR) is 108 cm³/mol. The lowest BCUT2D eigenvalue weighted by Gasteiger charge is -2.31. The van der Waals surface area contributed by atoms with Gasteiger partial charge in [0.05, 0.1) is 5.92 Å². The molecule has 134 valence electrons. The maximum atomic E-state index is 12.1. The maximum Gasteiger partial charge on any atom is 0.335 e. The first-order chi connectivity index (χ1) is 13.2. The molecule has 2 aromatic rings. The lowest BCUT2D eigenvalue weighted by molar-refractivity contribution is -0.129. The Morgan fingerprint density at radius 2 is 1.96 bits per heavy atom. The van der Waals surface area contributed by atoms with Crippen molar-refractivity contribution in [2.45, 2.75) is 12.8 Å². The van der Waals surface area contributed by atoms with Gasteiger partial charge in [-0.2, -0.15) is 0 Å². The quantitative estimate of drug-likeness (QED) is 0.447. The Kier molecular flexibility index (Phi) is 4.51. The van der Waals surface area contributed by atoms with Gasteiger partial charge in [-0.1, -0.05) is 66.8 Å². The average Bonchev–Trinajstić information content (AvgIpc) is 2.69. The first-order valence-corrected chi connectivity index (χ1v) is 9.01. The standard InChI is InChI=1S/C24H20O3/c1-2-7-22(26)27-21-15-13-17-9-4-6-11-19(17)24(21)23-18-10-5-3-8-16(18)12-14-20(23)25/h2-15,18,23,25H,1H3/b7-2+. The predicted octanol–water partition coefficient (Wildman–Crippen LogP) is 5.53. The van der Waals surface area contributed by atoms with E-state index in [2.05, 4.69) is 12.2 Å². The molecule has 2 aromatic carbocycles. The van der Waals surface area contributed by atoms with Gasteiger partial charge in [0.15, 0.2) is 0 Å². The van der Waals surface area contributed by atoms with Gasteiger partial charge in [-0.25, -0.2) is 4.79 Å². The van der Waals surface area contributed by atoms with E-state index in [9.17, 15) is 9.90 Å². The van der Waals surface area contributed by atoms with Crippen LogP contribution in [0.4, 0.5) is 0 Å². The zero-order valence-electron chi connectivity index (χ0n) is 15.0. The molecule has 3 nitrogen and oxygen atoms in total. The minimum atomic E-state index is -0.428. The highest BCUT2D eigenvalue weighted by atomic mass is 16.5. The van der Waals surface area contributed by atoms with Crippen LogP contribution in [0, 0.1) is 5.92 Å². The summed E-state index contributed by atoms with van der Waals surface area (Å²) in [5.74, 6) is -0.00632. The van der Waals surface area contributed by atoms with Crippen LogP contribution in [0.25, 0.3) is 10.8 Å². The summed E-state index contributed by atoms with van der Waals surface area (Å²) >= 11 is 0. The van der Waals surface area contributed by atoms with Crippen LogP contribution in [0.15, 0.2) is 96.3 Å². The highest BCUT2D eigenvalue weighted by Crippen LogP contribution is 2.46. The van der Waals surface area contributed by atoms with Gasteiger partial charge in [-0.3, -0.25) is 0 Å². The highest BCUT2D eigenvalue weighted by molar-refractivity contribution is 5.91. The molecular weight excluding hydrogens is 336 g/mol. The number of hydrogen-bond acceptors (Lipinski definition) is 3. The van der Waals surface area contributed by atoms with E-state index in [4.69, 9.17) is 4.74 Å². The van der Waals surface area contributed by atoms with Gasteiger partial charge < -0.3 is 9.84 Å². The number of carbonyl (C=O) groups excluding carboxylic acids is 1. The summed E-state index contributed by atoms with van der Waals surface area (Å²) in [6.07, 6.45) is 14.8. The lowest BCUT2D eigenvalue weighted by atomic mass is 9.74. The molecule has 0 amide bonds. The third-order valence-electron chi connectivity index (χ3n) is 4.98. The lowest BCUT2D eigenvalue weighted by Crippen LogP contribution is -2.21. The second-order valence-corrected chi connectivity index (χ2v) is 6.63. The Morgan fingerprint density at radius 3 is 2.81 bits per heavy atom. The molecule has 2 aliphatic carbocycles. The Hall–Kier alpha value is -3.33. The van der Waals surface area contributed by atoms with Crippen LogP contribution in [0.1, 0.15) is 18.4 Å². The molecule has 2 atom stereocenters. The zero-order valence-corrected chi connectivity index (χ0v) is 15.0. The smallest absolute Gasteiger partial charge is 0.335 e. The summed E-state index contributed by atoms with van der Waals surface area (Å²) < 4.78 is 5.65. The van der Waals surface area contributed by atoms with Gasteiger partial charge >= 0.3 is 5.97 Å². The Bertz CT molecular complexity index is 1050. The fourth-order valence-electron chi connectivity index (χ4n) is 3.80. The van der Waals surface area contributed by atoms with Crippen molar-refractivity contribution in [1.82, 2.24) is 0 Å². The van der Waals surface area contributed by atoms with Gasteiger partial charge in [0.1, 0.15) is 11.5 Å². The molecule has 4 rings (SSSR count). The molecule has 27 heavy (non-hydrogen) atoms. The van der Waals surface area contributed by atoms with Crippen molar-refractivity contribution in [2.24, 2.45) is 5.92 Å². The van der Waals surface area contributed by atoms with Crippen molar-refractivity contribution in [3.63, 3.8) is 0 Å². The summed E-state index contributed by atoms with van der Waals surface area (Å²) in [6.45, 7) is 1.77. The first kappa shape index (κ1) is 17.1. The number of benzene rings is 2. The minimum absolute atomic E-state index is 0.00928. The third kappa shape index (κ3) is 3.13. The van der Waals surface area contributed by atoms with Crippen molar-refractivity contribution in [3.8, 4) is 5.75 Å². The molecule has 0 spiro atoms. The number of ether oxygens (including phenoxy) is 1. The number of esters is 1. The fourth-order valence-corrected chi connectivity index (χ4v) is 3.80. The van der Waals surface area contributed by atoms with Crippen molar-refractivity contribution in [3.05, 3.63) is 102 Å². The van der Waals surface area contributed by atoms with Gasteiger partial charge in [-0.05, 0) is 35.4 Å². The summed E-state index contributed by atoms with van der Waals surface area (Å²) in [7, 11) is 0. The summed E-state index contributed by atoms with van der Waals surface area (Å²) in [6, 6.07) is 11.7. The van der Waals surface area contributed by atoms with Crippen LogP contribution in [-0.2, 0) is 4.79 Å². The topological polar surface area (TPSA) is 46.5 Å². The zero-order chi connectivity index (χ0) is 18.8. The van der Waals surface area contributed by atoms with E-state index < -0.39 is 5.97 Å². The number of rotatable bonds is 3. The molecule has 0 fully saturated rings.